The number of aromatic amines is 1. The van der Waals surface area contributed by atoms with Gasteiger partial charge in [0.2, 0.25) is 0 Å². The van der Waals surface area contributed by atoms with E-state index in [-0.39, 0.29) is 17.9 Å². The van der Waals surface area contributed by atoms with Gasteiger partial charge in [0.1, 0.15) is 11.4 Å². The number of hydrogen-bond acceptors (Lipinski definition) is 5. The van der Waals surface area contributed by atoms with Crippen LogP contribution in [0, 0.1) is 13.8 Å². The molecule has 0 atom stereocenters. The first-order valence-corrected chi connectivity index (χ1v) is 10.4. The number of aryl methyl sites for hydroxylation is 1. The maximum atomic E-state index is 13.1. The molecule has 0 spiro atoms. The second kappa shape index (κ2) is 9.24. The Balaban J connectivity index is 1.68. The summed E-state index contributed by atoms with van der Waals surface area (Å²) in [6.45, 7) is 8.77. The number of rotatable bonds is 5. The lowest BCUT2D eigenvalue weighted by Gasteiger charge is -2.34. The highest BCUT2D eigenvalue weighted by Crippen LogP contribution is 2.22. The van der Waals surface area contributed by atoms with Crippen LogP contribution in [0.3, 0.4) is 0 Å². The van der Waals surface area contributed by atoms with E-state index in [4.69, 9.17) is 9.47 Å². The fourth-order valence-electron chi connectivity index (χ4n) is 3.75. The number of carbonyl (C=O) groups is 3. The first kappa shape index (κ1) is 22.4. The molecule has 0 aliphatic carbocycles. The maximum Gasteiger partial charge on any atom is 0.340 e. The van der Waals surface area contributed by atoms with Crippen molar-refractivity contribution in [2.24, 2.45) is 0 Å². The molecule has 1 aromatic heterocycles. The van der Waals surface area contributed by atoms with Gasteiger partial charge >= 0.3 is 5.97 Å². The van der Waals surface area contributed by atoms with Crippen molar-refractivity contribution in [2.45, 2.75) is 33.8 Å². The molecular weight excluding hydrogens is 398 g/mol. The van der Waals surface area contributed by atoms with Crippen molar-refractivity contribution in [1.82, 2.24) is 14.8 Å². The van der Waals surface area contributed by atoms with Crippen LogP contribution in [0.2, 0.25) is 0 Å². The van der Waals surface area contributed by atoms with Gasteiger partial charge in [-0.15, -0.1) is 0 Å². The summed E-state index contributed by atoms with van der Waals surface area (Å²) in [6, 6.07) is 7.04. The number of hydrogen-bond donors (Lipinski definition) is 1. The van der Waals surface area contributed by atoms with E-state index >= 15 is 0 Å². The summed E-state index contributed by atoms with van der Waals surface area (Å²) in [5.74, 6) is -0.0765. The minimum atomic E-state index is -0.436. The Bertz CT molecular complexity index is 987. The second-order valence-electron chi connectivity index (χ2n) is 7.90. The topological polar surface area (TPSA) is 91.9 Å². The summed E-state index contributed by atoms with van der Waals surface area (Å²) in [6.07, 6.45) is -0.240. The molecule has 1 saturated heterocycles. The molecule has 8 heteroatoms. The molecule has 1 aliphatic rings. The molecule has 2 aromatic rings. The largest absolute Gasteiger partial charge is 0.497 e. The lowest BCUT2D eigenvalue weighted by Crippen LogP contribution is -2.50. The number of methoxy groups -OCH3 is 1. The van der Waals surface area contributed by atoms with Crippen molar-refractivity contribution in [2.75, 3.05) is 33.3 Å². The second-order valence-corrected chi connectivity index (χ2v) is 7.90. The number of carbonyl (C=O) groups excluding carboxylic acids is 3. The highest BCUT2D eigenvalue weighted by molar-refractivity contribution is 6.01. The van der Waals surface area contributed by atoms with Crippen molar-refractivity contribution in [3.63, 3.8) is 0 Å². The fourth-order valence-corrected chi connectivity index (χ4v) is 3.75. The number of H-pyrrole nitrogens is 1. The van der Waals surface area contributed by atoms with Crippen LogP contribution in [0.5, 0.6) is 5.75 Å². The highest BCUT2D eigenvalue weighted by atomic mass is 16.5. The molecule has 2 amide bonds. The third kappa shape index (κ3) is 4.73. The molecule has 166 valence electrons. The molecule has 1 aliphatic heterocycles. The summed E-state index contributed by atoms with van der Waals surface area (Å²) in [4.78, 5) is 44.7. The Kier molecular flexibility index (Phi) is 6.68. The zero-order valence-electron chi connectivity index (χ0n) is 18.7. The number of esters is 1. The average Bonchev–Trinajstić information content (AvgIpc) is 3.06. The Morgan fingerprint density at radius 2 is 1.61 bits per heavy atom. The Hall–Kier alpha value is -3.29. The number of ether oxygens (including phenoxy) is 2. The zero-order valence-corrected chi connectivity index (χ0v) is 18.7. The lowest BCUT2D eigenvalue weighted by atomic mass is 10.1. The Morgan fingerprint density at radius 3 is 2.19 bits per heavy atom. The monoisotopic (exact) mass is 427 g/mol. The van der Waals surface area contributed by atoms with Gasteiger partial charge in [0.25, 0.3) is 11.8 Å². The molecule has 0 saturated carbocycles. The van der Waals surface area contributed by atoms with Crippen molar-refractivity contribution in [3.8, 4) is 5.75 Å². The number of benzene rings is 1. The van der Waals surface area contributed by atoms with E-state index in [0.29, 0.717) is 60.0 Å². The normalized spacial score (nSPS) is 14.0. The average molecular weight is 428 g/mol. The number of piperazine rings is 1. The van der Waals surface area contributed by atoms with Crippen LogP contribution in [0.1, 0.15) is 56.3 Å². The quantitative estimate of drug-likeness (QED) is 0.741. The summed E-state index contributed by atoms with van der Waals surface area (Å²) < 4.78 is 10.5. The number of nitrogens with one attached hydrogen (secondary N) is 1. The van der Waals surface area contributed by atoms with Gasteiger partial charge in [0, 0.05) is 37.4 Å². The first-order chi connectivity index (χ1) is 14.7. The van der Waals surface area contributed by atoms with E-state index in [1.54, 1.807) is 68.9 Å². The van der Waals surface area contributed by atoms with Gasteiger partial charge in [-0.1, -0.05) is 6.07 Å². The molecule has 8 nitrogen and oxygen atoms in total. The number of amides is 2. The van der Waals surface area contributed by atoms with Gasteiger partial charge < -0.3 is 24.3 Å². The molecule has 0 unspecified atom stereocenters. The summed E-state index contributed by atoms with van der Waals surface area (Å²) in [5.41, 5.74) is 2.55. The van der Waals surface area contributed by atoms with Gasteiger partial charge in [-0.2, -0.15) is 0 Å². The van der Waals surface area contributed by atoms with E-state index in [0.717, 1.165) is 0 Å². The van der Waals surface area contributed by atoms with E-state index in [2.05, 4.69) is 4.98 Å². The van der Waals surface area contributed by atoms with Crippen LogP contribution in [-0.2, 0) is 4.74 Å². The lowest BCUT2D eigenvalue weighted by molar-refractivity contribution is 0.0376. The van der Waals surface area contributed by atoms with Gasteiger partial charge in [0.05, 0.1) is 18.8 Å². The Morgan fingerprint density at radius 1 is 1.00 bits per heavy atom. The third-order valence-electron chi connectivity index (χ3n) is 5.37. The fraction of sp³-hybridized carbons (Fsp3) is 0.435. The molecule has 2 heterocycles. The minimum absolute atomic E-state index is 0.0865. The van der Waals surface area contributed by atoms with Gasteiger partial charge in [0.15, 0.2) is 0 Å². The van der Waals surface area contributed by atoms with Crippen LogP contribution in [0.4, 0.5) is 0 Å². The van der Waals surface area contributed by atoms with Crippen molar-refractivity contribution >= 4 is 17.8 Å². The van der Waals surface area contributed by atoms with Gasteiger partial charge in [-0.05, 0) is 51.5 Å². The standard InChI is InChI=1S/C23H29N3O5/c1-14(2)31-23(29)19-15(3)20(24-16(19)4)22(28)26-11-9-25(10-12-26)21(27)17-7-6-8-18(13-17)30-5/h6-8,13-14,24H,9-12H2,1-5H3. The van der Waals surface area contributed by atoms with E-state index in [9.17, 15) is 14.4 Å². The summed E-state index contributed by atoms with van der Waals surface area (Å²) >= 11 is 0. The Labute approximate surface area is 182 Å². The van der Waals surface area contributed by atoms with Gasteiger partial charge in [-0.25, -0.2) is 4.79 Å². The number of aromatic nitrogens is 1. The molecule has 0 radical (unpaired) electrons. The molecule has 3 rings (SSSR count). The van der Waals surface area contributed by atoms with Gasteiger partial charge in [-0.3, -0.25) is 9.59 Å². The van der Waals surface area contributed by atoms with E-state index in [1.165, 1.54) is 0 Å². The van der Waals surface area contributed by atoms with Crippen LogP contribution in [-0.4, -0.2) is 72.0 Å². The SMILES string of the molecule is COc1cccc(C(=O)N2CCN(C(=O)c3[nH]c(C)c(C(=O)OC(C)C)c3C)CC2)c1. The molecule has 0 bridgehead atoms. The predicted molar refractivity (Wildman–Crippen MR) is 116 cm³/mol. The van der Waals surface area contributed by atoms with Crippen molar-refractivity contribution in [1.29, 1.82) is 0 Å². The highest BCUT2D eigenvalue weighted by Gasteiger charge is 2.30. The van der Waals surface area contributed by atoms with Crippen molar-refractivity contribution in [3.05, 3.63) is 52.3 Å². The van der Waals surface area contributed by atoms with Crippen LogP contribution >= 0.6 is 0 Å². The van der Waals surface area contributed by atoms with Crippen LogP contribution < -0.4 is 4.74 Å². The molecule has 1 aromatic carbocycles. The molecule has 1 fully saturated rings. The van der Waals surface area contributed by atoms with Crippen molar-refractivity contribution < 1.29 is 23.9 Å². The molecular formula is C23H29N3O5. The third-order valence-corrected chi connectivity index (χ3v) is 5.37. The predicted octanol–water partition coefficient (Wildman–Crippen LogP) is 2.80. The molecule has 1 N–H and O–H groups in total. The smallest absolute Gasteiger partial charge is 0.340 e. The summed E-state index contributed by atoms with van der Waals surface area (Å²) in [5, 5.41) is 0. The number of nitrogens with zero attached hydrogens (tertiary/aromatic N) is 2. The van der Waals surface area contributed by atoms with E-state index in [1.807, 2.05) is 0 Å². The first-order valence-electron chi connectivity index (χ1n) is 10.4. The van der Waals surface area contributed by atoms with E-state index < -0.39 is 5.97 Å². The molecule has 31 heavy (non-hydrogen) atoms. The summed E-state index contributed by atoms with van der Waals surface area (Å²) in [7, 11) is 1.56. The minimum Gasteiger partial charge on any atom is -0.497 e. The van der Waals surface area contributed by atoms with Crippen LogP contribution in [0.25, 0.3) is 0 Å². The maximum absolute atomic E-state index is 13.1. The zero-order chi connectivity index (χ0) is 22.7. The van der Waals surface area contributed by atoms with Crippen LogP contribution in [0.15, 0.2) is 24.3 Å².